The first-order valence-electron chi connectivity index (χ1n) is 4.06. The topological polar surface area (TPSA) is 72.6 Å². The van der Waals surface area contributed by atoms with E-state index in [-0.39, 0.29) is 18.9 Å². The van der Waals surface area contributed by atoms with Gasteiger partial charge in [-0.3, -0.25) is 0 Å². The molecule has 0 radical (unpaired) electrons. The lowest BCUT2D eigenvalue weighted by Gasteiger charge is -1.91. The van der Waals surface area contributed by atoms with Crippen LogP contribution < -0.4 is 0 Å². The van der Waals surface area contributed by atoms with Crippen molar-refractivity contribution >= 4 is 5.97 Å². The summed E-state index contributed by atoms with van der Waals surface area (Å²) in [4.78, 5) is 13.9. The van der Waals surface area contributed by atoms with E-state index in [1.54, 1.807) is 0 Å². The monoisotopic (exact) mass is 221 g/mol. The lowest BCUT2D eigenvalue weighted by atomic mass is 10.3. The van der Waals surface area contributed by atoms with Crippen molar-refractivity contribution in [1.29, 1.82) is 0 Å². The molecule has 0 aliphatic heterocycles. The van der Waals surface area contributed by atoms with Crippen molar-refractivity contribution in [2.24, 2.45) is 0 Å². The predicted molar refractivity (Wildman–Crippen MR) is 44.0 cm³/mol. The smallest absolute Gasteiger partial charge is 0.374 e. The Morgan fingerprint density at radius 3 is 2.73 bits per heavy atom. The number of oxazole rings is 1. The van der Waals surface area contributed by atoms with Crippen molar-refractivity contribution < 1.29 is 27.8 Å². The normalized spacial score (nSPS) is 10.9. The highest BCUT2D eigenvalue weighted by Crippen LogP contribution is 2.23. The number of carboxylic acids is 1. The first kappa shape index (κ1) is 11.6. The Balaban J connectivity index is 2.93. The fourth-order valence-corrected chi connectivity index (χ4v) is 0.975. The second-order valence-corrected chi connectivity index (χ2v) is 2.67. The fourth-order valence-electron chi connectivity index (χ4n) is 0.975. The SMILES string of the molecule is COCCc1nc(C(F)F)c(C(=O)O)o1. The van der Waals surface area contributed by atoms with Gasteiger partial charge in [0.25, 0.3) is 6.43 Å². The summed E-state index contributed by atoms with van der Waals surface area (Å²) in [7, 11) is 1.43. The lowest BCUT2D eigenvalue weighted by molar-refractivity contribution is 0.0643. The van der Waals surface area contributed by atoms with Crippen molar-refractivity contribution in [1.82, 2.24) is 4.98 Å². The van der Waals surface area contributed by atoms with Gasteiger partial charge in [-0.1, -0.05) is 0 Å². The Morgan fingerprint density at radius 1 is 1.67 bits per heavy atom. The molecule has 7 heteroatoms. The minimum atomic E-state index is -2.96. The van der Waals surface area contributed by atoms with Gasteiger partial charge in [0.1, 0.15) is 0 Å². The van der Waals surface area contributed by atoms with Crippen LogP contribution in [0.25, 0.3) is 0 Å². The van der Waals surface area contributed by atoms with E-state index in [4.69, 9.17) is 5.11 Å². The molecule has 1 N–H and O–H groups in total. The summed E-state index contributed by atoms with van der Waals surface area (Å²) >= 11 is 0. The maximum absolute atomic E-state index is 12.3. The summed E-state index contributed by atoms with van der Waals surface area (Å²) in [6.45, 7) is 0.224. The van der Waals surface area contributed by atoms with Crippen LogP contribution in [-0.2, 0) is 11.2 Å². The summed E-state index contributed by atoms with van der Waals surface area (Å²) in [5.74, 6) is -2.43. The molecule has 0 saturated heterocycles. The van der Waals surface area contributed by atoms with Gasteiger partial charge >= 0.3 is 5.97 Å². The van der Waals surface area contributed by atoms with Crippen molar-refractivity contribution in [2.45, 2.75) is 12.8 Å². The van der Waals surface area contributed by atoms with Gasteiger partial charge in [0.05, 0.1) is 6.61 Å². The van der Waals surface area contributed by atoms with Gasteiger partial charge in [-0.05, 0) is 0 Å². The van der Waals surface area contributed by atoms with Crippen molar-refractivity contribution in [3.05, 3.63) is 17.3 Å². The highest BCUT2D eigenvalue weighted by atomic mass is 19.3. The van der Waals surface area contributed by atoms with E-state index >= 15 is 0 Å². The number of aromatic nitrogens is 1. The molecule has 0 saturated carbocycles. The van der Waals surface area contributed by atoms with E-state index in [1.807, 2.05) is 0 Å². The van der Waals surface area contributed by atoms with Crippen LogP contribution in [-0.4, -0.2) is 29.8 Å². The quantitative estimate of drug-likeness (QED) is 0.815. The number of hydrogen-bond donors (Lipinski definition) is 1. The predicted octanol–water partition coefficient (Wildman–Crippen LogP) is 1.50. The number of carbonyl (C=O) groups is 1. The van der Waals surface area contributed by atoms with Crippen LogP contribution in [0.1, 0.15) is 28.6 Å². The largest absolute Gasteiger partial charge is 0.475 e. The number of methoxy groups -OCH3 is 1. The number of nitrogens with zero attached hydrogens (tertiary/aromatic N) is 1. The molecule has 0 amide bonds. The molecule has 1 rings (SSSR count). The highest BCUT2D eigenvalue weighted by Gasteiger charge is 2.25. The van der Waals surface area contributed by atoms with E-state index in [2.05, 4.69) is 14.1 Å². The van der Waals surface area contributed by atoms with Crippen LogP contribution in [0.4, 0.5) is 8.78 Å². The van der Waals surface area contributed by atoms with Crippen molar-refractivity contribution in [3.63, 3.8) is 0 Å². The molecule has 0 bridgehead atoms. The number of ether oxygens (including phenoxy) is 1. The molecule has 84 valence electrons. The fraction of sp³-hybridized carbons (Fsp3) is 0.500. The molecule has 15 heavy (non-hydrogen) atoms. The first-order valence-corrected chi connectivity index (χ1v) is 4.06. The zero-order valence-corrected chi connectivity index (χ0v) is 7.87. The lowest BCUT2D eigenvalue weighted by Crippen LogP contribution is -1.99. The Hall–Kier alpha value is -1.50. The minimum absolute atomic E-state index is 0.0652. The minimum Gasteiger partial charge on any atom is -0.475 e. The van der Waals surface area contributed by atoms with Crippen LogP contribution in [0, 0.1) is 0 Å². The number of aromatic carboxylic acids is 1. The number of alkyl halides is 2. The Kier molecular flexibility index (Phi) is 3.73. The van der Waals surface area contributed by atoms with Gasteiger partial charge in [-0.15, -0.1) is 0 Å². The van der Waals surface area contributed by atoms with Crippen LogP contribution >= 0.6 is 0 Å². The van der Waals surface area contributed by atoms with Crippen molar-refractivity contribution in [2.75, 3.05) is 13.7 Å². The van der Waals surface area contributed by atoms with Crippen LogP contribution in [0.3, 0.4) is 0 Å². The molecule has 5 nitrogen and oxygen atoms in total. The van der Waals surface area contributed by atoms with Gasteiger partial charge < -0.3 is 14.3 Å². The summed E-state index contributed by atoms with van der Waals surface area (Å²) < 4.78 is 34.0. The molecule has 1 aromatic heterocycles. The van der Waals surface area contributed by atoms with Crippen LogP contribution in [0.15, 0.2) is 4.42 Å². The zero-order chi connectivity index (χ0) is 11.4. The maximum Gasteiger partial charge on any atom is 0.374 e. The summed E-state index contributed by atoms with van der Waals surface area (Å²) in [5.41, 5.74) is -0.839. The molecule has 0 aliphatic rings. The molecule has 0 fully saturated rings. The number of halogens is 2. The van der Waals surface area contributed by atoms with Crippen LogP contribution in [0.2, 0.25) is 0 Å². The summed E-state index contributed by atoms with van der Waals surface area (Å²) in [6.07, 6.45) is -2.81. The first-order chi connectivity index (χ1) is 7.06. The second-order valence-electron chi connectivity index (χ2n) is 2.67. The molecule has 0 atom stereocenters. The van der Waals surface area contributed by atoms with E-state index in [0.717, 1.165) is 0 Å². The molecular weight excluding hydrogens is 212 g/mol. The van der Waals surface area contributed by atoms with Crippen LogP contribution in [0.5, 0.6) is 0 Å². The van der Waals surface area contributed by atoms with Gasteiger partial charge in [0.2, 0.25) is 5.76 Å². The van der Waals surface area contributed by atoms with E-state index in [0.29, 0.717) is 0 Å². The molecule has 1 aromatic rings. The third-order valence-electron chi connectivity index (χ3n) is 1.62. The van der Waals surface area contributed by atoms with E-state index < -0.39 is 23.8 Å². The molecule has 0 unspecified atom stereocenters. The Bertz CT molecular complexity index is 350. The zero-order valence-electron chi connectivity index (χ0n) is 7.87. The molecule has 0 aliphatic carbocycles. The molecule has 0 aromatic carbocycles. The molecule has 0 spiro atoms. The Morgan fingerprint density at radius 2 is 2.33 bits per heavy atom. The van der Waals surface area contributed by atoms with Gasteiger partial charge in [-0.2, -0.15) is 0 Å². The maximum atomic E-state index is 12.3. The standard InChI is InChI=1S/C8H9F2NO4/c1-14-3-2-4-11-5(7(9)10)6(15-4)8(12)13/h7H,2-3H2,1H3,(H,12,13). The summed E-state index contributed by atoms with van der Waals surface area (Å²) in [5, 5.41) is 8.55. The average Bonchev–Trinajstić information content (AvgIpc) is 2.58. The number of carboxylic acid groups (broad SMARTS) is 1. The molecule has 1 heterocycles. The summed E-state index contributed by atoms with van der Waals surface area (Å²) in [6, 6.07) is 0. The molecular formula is C8H9F2NO4. The van der Waals surface area contributed by atoms with Gasteiger partial charge in [-0.25, -0.2) is 18.6 Å². The number of hydrogen-bond acceptors (Lipinski definition) is 4. The van der Waals surface area contributed by atoms with Crippen molar-refractivity contribution in [3.8, 4) is 0 Å². The Labute approximate surface area is 83.7 Å². The third kappa shape index (κ3) is 2.72. The van der Waals surface area contributed by atoms with Gasteiger partial charge in [0, 0.05) is 13.5 Å². The van der Waals surface area contributed by atoms with Gasteiger partial charge in [0.15, 0.2) is 11.6 Å². The second kappa shape index (κ2) is 4.83. The van der Waals surface area contributed by atoms with E-state index in [1.165, 1.54) is 7.11 Å². The number of rotatable bonds is 5. The average molecular weight is 221 g/mol. The highest BCUT2D eigenvalue weighted by molar-refractivity contribution is 5.85. The van der Waals surface area contributed by atoms with E-state index in [9.17, 15) is 13.6 Å². The third-order valence-corrected chi connectivity index (χ3v) is 1.62.